The zero-order valence-electron chi connectivity index (χ0n) is 18.8. The highest BCUT2D eigenvalue weighted by Crippen LogP contribution is 2.34. The molecule has 3 N–H and O–H groups in total. The van der Waals surface area contributed by atoms with Crippen LogP contribution in [-0.4, -0.2) is 42.1 Å². The second-order valence-corrected chi connectivity index (χ2v) is 7.63. The van der Waals surface area contributed by atoms with E-state index in [-0.39, 0.29) is 5.91 Å². The molecular formula is C24H23ClN6O3. The molecule has 0 spiro atoms. The predicted octanol–water partition coefficient (Wildman–Crippen LogP) is 4.60. The molecule has 0 aliphatic carbocycles. The fourth-order valence-electron chi connectivity index (χ4n) is 3.31. The van der Waals surface area contributed by atoms with E-state index in [1.165, 1.54) is 6.20 Å². The number of benzene rings is 2. The Hall–Kier alpha value is -4.11. The number of hydrogen-bond acceptors (Lipinski definition) is 8. The van der Waals surface area contributed by atoms with Crippen LogP contribution in [0.3, 0.4) is 0 Å². The van der Waals surface area contributed by atoms with Gasteiger partial charge in [0.2, 0.25) is 5.95 Å². The number of nitrogens with one attached hydrogen (secondary N) is 3. The fourth-order valence-corrected chi connectivity index (χ4v) is 3.42. The fraction of sp³-hybridized carbons (Fsp3) is 0.167. The largest absolute Gasteiger partial charge is 0.493 e. The highest BCUT2D eigenvalue weighted by molar-refractivity contribution is 6.29. The summed E-state index contributed by atoms with van der Waals surface area (Å²) in [4.78, 5) is 25.4. The topological polar surface area (TPSA) is 110 Å². The van der Waals surface area contributed by atoms with Gasteiger partial charge in [-0.2, -0.15) is 4.98 Å². The van der Waals surface area contributed by atoms with Crippen LogP contribution >= 0.6 is 11.6 Å². The van der Waals surface area contributed by atoms with Crippen molar-refractivity contribution in [2.24, 2.45) is 0 Å². The lowest BCUT2D eigenvalue weighted by molar-refractivity contribution is 0.102. The van der Waals surface area contributed by atoms with Gasteiger partial charge in [0.25, 0.3) is 5.91 Å². The van der Waals surface area contributed by atoms with Crippen LogP contribution in [0.5, 0.6) is 11.5 Å². The first kappa shape index (κ1) is 23.1. The highest BCUT2D eigenvalue weighted by Gasteiger charge is 2.13. The molecule has 0 aliphatic rings. The minimum Gasteiger partial charge on any atom is -0.493 e. The first-order chi connectivity index (χ1) is 16.5. The van der Waals surface area contributed by atoms with E-state index in [9.17, 15) is 4.79 Å². The molecule has 34 heavy (non-hydrogen) atoms. The van der Waals surface area contributed by atoms with Crippen molar-refractivity contribution < 1.29 is 14.3 Å². The van der Waals surface area contributed by atoms with Crippen LogP contribution in [0.2, 0.25) is 5.15 Å². The molecule has 0 bridgehead atoms. The second kappa shape index (κ2) is 10.2. The number of rotatable bonds is 8. The minimum absolute atomic E-state index is 0.258. The maximum absolute atomic E-state index is 12.4. The van der Waals surface area contributed by atoms with Crippen molar-refractivity contribution in [2.45, 2.75) is 6.54 Å². The summed E-state index contributed by atoms with van der Waals surface area (Å²) in [7, 11) is 4.93. The van der Waals surface area contributed by atoms with E-state index in [1.54, 1.807) is 33.4 Å². The number of nitrogens with zero attached hydrogens (tertiary/aromatic N) is 3. The van der Waals surface area contributed by atoms with Gasteiger partial charge in [-0.3, -0.25) is 4.79 Å². The number of methoxy groups -OCH3 is 2. The first-order valence-electron chi connectivity index (χ1n) is 10.4. The van der Waals surface area contributed by atoms with Crippen molar-refractivity contribution >= 4 is 45.9 Å². The van der Waals surface area contributed by atoms with E-state index in [1.807, 2.05) is 36.4 Å². The molecule has 2 heterocycles. The van der Waals surface area contributed by atoms with Crippen LogP contribution in [-0.2, 0) is 6.54 Å². The lowest BCUT2D eigenvalue weighted by atomic mass is 10.1. The predicted molar refractivity (Wildman–Crippen MR) is 133 cm³/mol. The molecule has 2 aromatic heterocycles. The van der Waals surface area contributed by atoms with Gasteiger partial charge in [0, 0.05) is 36.9 Å². The molecule has 1 amide bonds. The Balaban J connectivity index is 1.50. The Bertz CT molecular complexity index is 1310. The van der Waals surface area contributed by atoms with E-state index in [2.05, 4.69) is 30.9 Å². The van der Waals surface area contributed by atoms with E-state index in [0.717, 1.165) is 10.9 Å². The van der Waals surface area contributed by atoms with Gasteiger partial charge in [-0.15, -0.1) is 0 Å². The molecule has 2 aromatic carbocycles. The average Bonchev–Trinajstić information content (AvgIpc) is 2.87. The molecular weight excluding hydrogens is 456 g/mol. The van der Waals surface area contributed by atoms with E-state index in [0.29, 0.717) is 51.7 Å². The number of carbonyl (C=O) groups is 1. The number of pyridine rings is 1. The molecule has 4 aromatic rings. The minimum atomic E-state index is -0.258. The summed E-state index contributed by atoms with van der Waals surface area (Å²) < 4.78 is 10.8. The van der Waals surface area contributed by atoms with Gasteiger partial charge in [-0.25, -0.2) is 9.97 Å². The van der Waals surface area contributed by atoms with Gasteiger partial charge < -0.3 is 25.4 Å². The molecule has 10 heteroatoms. The average molecular weight is 479 g/mol. The van der Waals surface area contributed by atoms with Crippen LogP contribution in [0.4, 0.5) is 17.5 Å². The molecule has 0 aliphatic heterocycles. The molecule has 0 saturated carbocycles. The summed E-state index contributed by atoms with van der Waals surface area (Å²) >= 11 is 5.77. The SMILES string of the molecule is CNc1nc(NCc2ccc(NC(=O)c3ccc(Cl)nc3)cc2)c2cc(OC)c(OC)cc2n1. The molecule has 4 rings (SSSR count). The van der Waals surface area contributed by atoms with Crippen molar-refractivity contribution in [3.63, 3.8) is 0 Å². The molecule has 0 atom stereocenters. The van der Waals surface area contributed by atoms with Gasteiger partial charge in [0.15, 0.2) is 11.5 Å². The third-order valence-corrected chi connectivity index (χ3v) is 5.31. The monoisotopic (exact) mass is 478 g/mol. The molecule has 174 valence electrons. The maximum atomic E-state index is 12.4. The molecule has 9 nitrogen and oxygen atoms in total. The number of halogens is 1. The van der Waals surface area contributed by atoms with Crippen LogP contribution in [0.15, 0.2) is 54.7 Å². The molecule has 0 unspecified atom stereocenters. The number of hydrogen-bond donors (Lipinski definition) is 3. The van der Waals surface area contributed by atoms with Gasteiger partial charge in [0.05, 0.1) is 25.3 Å². The smallest absolute Gasteiger partial charge is 0.257 e. The number of aromatic nitrogens is 3. The highest BCUT2D eigenvalue weighted by atomic mass is 35.5. The number of carbonyl (C=O) groups excluding carboxylic acids is 1. The summed E-state index contributed by atoms with van der Waals surface area (Å²) in [5.74, 6) is 2.06. The normalized spacial score (nSPS) is 10.6. The Morgan fingerprint density at radius 1 is 1.00 bits per heavy atom. The van der Waals surface area contributed by atoms with Crippen LogP contribution < -0.4 is 25.4 Å². The van der Waals surface area contributed by atoms with Gasteiger partial charge in [0.1, 0.15) is 11.0 Å². The van der Waals surface area contributed by atoms with Gasteiger partial charge in [-0.05, 0) is 35.9 Å². The zero-order valence-corrected chi connectivity index (χ0v) is 19.6. The van der Waals surface area contributed by atoms with Crippen molar-refractivity contribution in [3.8, 4) is 11.5 Å². The van der Waals surface area contributed by atoms with E-state index < -0.39 is 0 Å². The summed E-state index contributed by atoms with van der Waals surface area (Å²) in [6, 6.07) is 14.4. The van der Waals surface area contributed by atoms with Crippen molar-refractivity contribution in [1.29, 1.82) is 0 Å². The van der Waals surface area contributed by atoms with Crippen LogP contribution in [0.25, 0.3) is 10.9 Å². The third kappa shape index (κ3) is 5.10. The summed E-state index contributed by atoms with van der Waals surface area (Å²) in [5.41, 5.74) is 2.82. The Labute approximate surface area is 201 Å². The van der Waals surface area contributed by atoms with Crippen LogP contribution in [0, 0.1) is 0 Å². The third-order valence-electron chi connectivity index (χ3n) is 5.09. The van der Waals surface area contributed by atoms with Gasteiger partial charge >= 0.3 is 0 Å². The lowest BCUT2D eigenvalue weighted by Gasteiger charge is -2.14. The van der Waals surface area contributed by atoms with Gasteiger partial charge in [-0.1, -0.05) is 23.7 Å². The summed E-state index contributed by atoms with van der Waals surface area (Å²) in [6.07, 6.45) is 1.44. The Morgan fingerprint density at radius 2 is 1.74 bits per heavy atom. The lowest BCUT2D eigenvalue weighted by Crippen LogP contribution is -2.12. The summed E-state index contributed by atoms with van der Waals surface area (Å²) in [6.45, 7) is 0.513. The standard InChI is InChI=1S/C24H23ClN6O3/c1-26-24-30-18-11-20(34-3)19(33-2)10-17(18)22(31-24)28-12-14-4-7-16(8-5-14)29-23(32)15-6-9-21(25)27-13-15/h4-11,13H,12H2,1-3H3,(H,29,32)(H2,26,28,30,31). The zero-order chi connectivity index (χ0) is 24.1. The number of amides is 1. The van der Waals surface area contributed by atoms with Crippen molar-refractivity contribution in [3.05, 3.63) is 71.0 Å². The van der Waals surface area contributed by atoms with Crippen molar-refractivity contribution in [1.82, 2.24) is 15.0 Å². The molecule has 0 saturated heterocycles. The Kier molecular flexibility index (Phi) is 6.93. The number of anilines is 3. The summed E-state index contributed by atoms with van der Waals surface area (Å²) in [5, 5.41) is 10.3. The first-order valence-corrected chi connectivity index (χ1v) is 10.8. The quantitative estimate of drug-likeness (QED) is 0.315. The number of ether oxygens (including phenoxy) is 2. The van der Waals surface area contributed by atoms with E-state index in [4.69, 9.17) is 21.1 Å². The van der Waals surface area contributed by atoms with E-state index >= 15 is 0 Å². The molecule has 0 fully saturated rings. The van der Waals surface area contributed by atoms with Crippen molar-refractivity contribution in [2.75, 3.05) is 37.2 Å². The Morgan fingerprint density at radius 3 is 2.38 bits per heavy atom. The number of fused-ring (bicyclic) bond motifs is 1. The maximum Gasteiger partial charge on any atom is 0.257 e. The molecule has 0 radical (unpaired) electrons. The van der Waals surface area contributed by atoms with Crippen LogP contribution in [0.1, 0.15) is 15.9 Å². The second-order valence-electron chi connectivity index (χ2n) is 7.24.